The summed E-state index contributed by atoms with van der Waals surface area (Å²) in [5.41, 5.74) is 2.49. The molecule has 0 unspecified atom stereocenters. The number of anilines is 1. The van der Waals surface area contributed by atoms with Gasteiger partial charge in [0.05, 0.1) is 5.56 Å². The number of aliphatic hydroxyl groups is 1. The molecule has 0 aromatic heterocycles. The molecule has 3 N–H and O–H groups in total. The van der Waals surface area contributed by atoms with E-state index in [1.54, 1.807) is 36.4 Å². The first-order chi connectivity index (χ1) is 10.1. The number of aromatic hydroxyl groups is 1. The van der Waals surface area contributed by atoms with Crippen molar-refractivity contribution in [1.82, 2.24) is 0 Å². The zero-order valence-corrected chi connectivity index (χ0v) is 11.6. The Bertz CT molecular complexity index is 709. The van der Waals surface area contributed by atoms with Gasteiger partial charge in [-0.3, -0.25) is 4.79 Å². The minimum absolute atomic E-state index is 0.0523. The number of phenols is 1. The molecule has 0 radical (unpaired) electrons. The van der Waals surface area contributed by atoms with Crippen LogP contribution in [-0.4, -0.2) is 22.7 Å². The highest BCUT2D eigenvalue weighted by Crippen LogP contribution is 2.20. The van der Waals surface area contributed by atoms with E-state index in [2.05, 4.69) is 17.2 Å². The molecule has 0 bridgehead atoms. The van der Waals surface area contributed by atoms with Crippen molar-refractivity contribution in [3.05, 3.63) is 59.2 Å². The van der Waals surface area contributed by atoms with Crippen molar-refractivity contribution in [3.63, 3.8) is 0 Å². The maximum absolute atomic E-state index is 12.1. The molecule has 2 rings (SSSR count). The Morgan fingerprint density at radius 1 is 1.19 bits per heavy atom. The van der Waals surface area contributed by atoms with Crippen molar-refractivity contribution in [1.29, 1.82) is 0 Å². The molecule has 1 amide bonds. The number of carbonyl (C=O) groups is 1. The third kappa shape index (κ3) is 3.85. The molecule has 0 saturated carbocycles. The van der Waals surface area contributed by atoms with E-state index in [4.69, 9.17) is 5.11 Å². The van der Waals surface area contributed by atoms with Gasteiger partial charge >= 0.3 is 0 Å². The molecule has 0 aliphatic heterocycles. The average molecular weight is 281 g/mol. The Morgan fingerprint density at radius 2 is 1.90 bits per heavy atom. The normalized spacial score (nSPS) is 9.62. The van der Waals surface area contributed by atoms with Crippen LogP contribution in [0.3, 0.4) is 0 Å². The second kappa shape index (κ2) is 6.60. The fourth-order valence-corrected chi connectivity index (χ4v) is 1.81. The van der Waals surface area contributed by atoms with Crippen LogP contribution < -0.4 is 5.32 Å². The van der Waals surface area contributed by atoms with Gasteiger partial charge in [0.1, 0.15) is 12.4 Å². The standard InChI is InChI=1S/C17H15NO3/c1-12-4-9-16(20)15(11-12)17(21)18-14-7-5-13(6-8-14)3-2-10-19/h4-9,11,19-20H,10H2,1H3,(H,18,21). The number of phenolic OH excluding ortho intramolecular Hbond substituents is 1. The number of aliphatic hydroxyl groups excluding tert-OH is 1. The minimum atomic E-state index is -0.370. The largest absolute Gasteiger partial charge is 0.507 e. The molecule has 0 aliphatic rings. The van der Waals surface area contributed by atoms with Crippen molar-refractivity contribution in [3.8, 4) is 17.6 Å². The Morgan fingerprint density at radius 3 is 2.57 bits per heavy atom. The highest BCUT2D eigenvalue weighted by atomic mass is 16.3. The molecule has 2 aromatic rings. The molecule has 0 spiro atoms. The van der Waals surface area contributed by atoms with Crippen LogP contribution in [0, 0.1) is 18.8 Å². The number of carbonyl (C=O) groups excluding carboxylic acids is 1. The Hall–Kier alpha value is -2.77. The summed E-state index contributed by atoms with van der Waals surface area (Å²) in [6.07, 6.45) is 0. The van der Waals surface area contributed by atoms with Gasteiger partial charge in [0.25, 0.3) is 5.91 Å². The SMILES string of the molecule is Cc1ccc(O)c(C(=O)Nc2ccc(C#CCO)cc2)c1. The van der Waals surface area contributed by atoms with Gasteiger partial charge < -0.3 is 15.5 Å². The van der Waals surface area contributed by atoms with E-state index >= 15 is 0 Å². The fraction of sp³-hybridized carbons (Fsp3) is 0.118. The van der Waals surface area contributed by atoms with Crippen LogP contribution in [0.25, 0.3) is 0 Å². The molecule has 0 atom stereocenters. The summed E-state index contributed by atoms with van der Waals surface area (Å²) in [5, 5.41) is 21.1. The van der Waals surface area contributed by atoms with Gasteiger partial charge in [0.15, 0.2) is 0 Å². The zero-order chi connectivity index (χ0) is 15.2. The highest BCUT2D eigenvalue weighted by Gasteiger charge is 2.11. The molecule has 0 fully saturated rings. The van der Waals surface area contributed by atoms with E-state index < -0.39 is 0 Å². The number of rotatable bonds is 2. The van der Waals surface area contributed by atoms with E-state index in [-0.39, 0.29) is 23.8 Å². The summed E-state index contributed by atoms with van der Waals surface area (Å²) < 4.78 is 0. The maximum Gasteiger partial charge on any atom is 0.259 e. The zero-order valence-electron chi connectivity index (χ0n) is 11.6. The number of benzene rings is 2. The first-order valence-electron chi connectivity index (χ1n) is 6.41. The number of nitrogens with one attached hydrogen (secondary N) is 1. The number of amides is 1. The number of hydrogen-bond acceptors (Lipinski definition) is 3. The lowest BCUT2D eigenvalue weighted by atomic mass is 10.1. The van der Waals surface area contributed by atoms with Gasteiger partial charge in [0, 0.05) is 11.3 Å². The van der Waals surface area contributed by atoms with Gasteiger partial charge in [-0.2, -0.15) is 0 Å². The van der Waals surface area contributed by atoms with Gasteiger partial charge in [-0.25, -0.2) is 0 Å². The van der Waals surface area contributed by atoms with Gasteiger partial charge in [-0.05, 0) is 43.3 Å². The lowest BCUT2D eigenvalue weighted by Gasteiger charge is -2.07. The van der Waals surface area contributed by atoms with Crippen LogP contribution in [0.15, 0.2) is 42.5 Å². The Kier molecular flexibility index (Phi) is 4.60. The van der Waals surface area contributed by atoms with Crippen molar-refractivity contribution >= 4 is 11.6 Å². The molecular formula is C17H15NO3. The Balaban J connectivity index is 2.14. The van der Waals surface area contributed by atoms with E-state index in [0.717, 1.165) is 11.1 Å². The highest BCUT2D eigenvalue weighted by molar-refractivity contribution is 6.06. The molecular weight excluding hydrogens is 266 g/mol. The fourth-order valence-electron chi connectivity index (χ4n) is 1.81. The third-order valence-electron chi connectivity index (χ3n) is 2.85. The van der Waals surface area contributed by atoms with Crippen LogP contribution in [-0.2, 0) is 0 Å². The first-order valence-corrected chi connectivity index (χ1v) is 6.41. The molecule has 21 heavy (non-hydrogen) atoms. The third-order valence-corrected chi connectivity index (χ3v) is 2.85. The minimum Gasteiger partial charge on any atom is -0.507 e. The molecule has 0 heterocycles. The summed E-state index contributed by atoms with van der Waals surface area (Å²) in [6, 6.07) is 11.8. The van der Waals surface area contributed by atoms with Gasteiger partial charge in [-0.1, -0.05) is 23.5 Å². The summed E-state index contributed by atoms with van der Waals surface area (Å²) in [5.74, 6) is 4.90. The molecule has 4 nitrogen and oxygen atoms in total. The second-order valence-corrected chi connectivity index (χ2v) is 4.51. The summed E-state index contributed by atoms with van der Waals surface area (Å²) in [7, 11) is 0. The van der Waals surface area contributed by atoms with Crippen LogP contribution in [0.1, 0.15) is 21.5 Å². The number of hydrogen-bond donors (Lipinski definition) is 3. The summed E-state index contributed by atoms with van der Waals surface area (Å²) in [6.45, 7) is 1.66. The Labute approximate surface area is 123 Å². The lowest BCUT2D eigenvalue weighted by molar-refractivity contribution is 0.102. The molecule has 0 saturated heterocycles. The van der Waals surface area contributed by atoms with Crippen molar-refractivity contribution in [2.75, 3.05) is 11.9 Å². The van der Waals surface area contributed by atoms with E-state index in [1.165, 1.54) is 6.07 Å². The summed E-state index contributed by atoms with van der Waals surface area (Å²) >= 11 is 0. The average Bonchev–Trinajstić information content (AvgIpc) is 2.49. The maximum atomic E-state index is 12.1. The molecule has 0 aliphatic carbocycles. The second-order valence-electron chi connectivity index (χ2n) is 4.51. The lowest BCUT2D eigenvalue weighted by Crippen LogP contribution is -2.12. The molecule has 2 aromatic carbocycles. The van der Waals surface area contributed by atoms with Crippen molar-refractivity contribution in [2.45, 2.75) is 6.92 Å². The summed E-state index contributed by atoms with van der Waals surface area (Å²) in [4.78, 5) is 12.1. The predicted octanol–water partition coefficient (Wildman–Crippen LogP) is 2.30. The quantitative estimate of drug-likeness (QED) is 0.740. The van der Waals surface area contributed by atoms with E-state index in [0.29, 0.717) is 5.69 Å². The van der Waals surface area contributed by atoms with Crippen molar-refractivity contribution in [2.24, 2.45) is 0 Å². The van der Waals surface area contributed by atoms with Gasteiger partial charge in [-0.15, -0.1) is 0 Å². The molecule has 4 heteroatoms. The van der Waals surface area contributed by atoms with Crippen molar-refractivity contribution < 1.29 is 15.0 Å². The monoisotopic (exact) mass is 281 g/mol. The van der Waals surface area contributed by atoms with Crippen LogP contribution in [0.2, 0.25) is 0 Å². The van der Waals surface area contributed by atoms with E-state index in [1.807, 2.05) is 6.92 Å². The van der Waals surface area contributed by atoms with Crippen LogP contribution >= 0.6 is 0 Å². The first kappa shape index (κ1) is 14.6. The number of aryl methyl sites for hydroxylation is 1. The van der Waals surface area contributed by atoms with Crippen LogP contribution in [0.4, 0.5) is 5.69 Å². The van der Waals surface area contributed by atoms with E-state index in [9.17, 15) is 9.90 Å². The van der Waals surface area contributed by atoms with Gasteiger partial charge in [0.2, 0.25) is 0 Å². The van der Waals surface area contributed by atoms with Crippen LogP contribution in [0.5, 0.6) is 5.75 Å². The molecule has 106 valence electrons. The smallest absolute Gasteiger partial charge is 0.259 e. The predicted molar refractivity (Wildman–Crippen MR) is 81.2 cm³/mol. The topological polar surface area (TPSA) is 69.6 Å².